The summed E-state index contributed by atoms with van der Waals surface area (Å²) in [6.45, 7) is 2.77. The monoisotopic (exact) mass is 419 g/mol. The van der Waals surface area contributed by atoms with Gasteiger partial charge >= 0.3 is 0 Å². The van der Waals surface area contributed by atoms with Crippen molar-refractivity contribution in [3.05, 3.63) is 63.5 Å². The highest BCUT2D eigenvalue weighted by Gasteiger charge is 2.31. The van der Waals surface area contributed by atoms with E-state index in [-0.39, 0.29) is 11.7 Å². The summed E-state index contributed by atoms with van der Waals surface area (Å²) < 4.78 is 5.92. The van der Waals surface area contributed by atoms with Gasteiger partial charge < -0.3 is 9.84 Å². The molecule has 0 spiro atoms. The second-order valence-corrected chi connectivity index (χ2v) is 7.93. The average molecular weight is 420 g/mol. The Morgan fingerprint density at radius 3 is 2.74 bits per heavy atom. The van der Waals surface area contributed by atoms with Gasteiger partial charge in [-0.3, -0.25) is 9.69 Å². The molecule has 1 saturated heterocycles. The Balaban J connectivity index is 1.79. The van der Waals surface area contributed by atoms with E-state index < -0.39 is 0 Å². The number of carbonyl (C=O) groups is 1. The predicted octanol–water partition coefficient (Wildman–Crippen LogP) is 4.89. The SMILES string of the molecule is CCOc1cc(C=C2SC(=S)N(CCc3ccccc3)C2=O)c(Cl)cc1O. The van der Waals surface area contributed by atoms with Gasteiger partial charge in [0.2, 0.25) is 0 Å². The first kappa shape index (κ1) is 19.7. The third kappa shape index (κ3) is 4.64. The first-order valence-corrected chi connectivity index (χ1v) is 10.0. The Hall–Kier alpha value is -2.02. The zero-order valence-electron chi connectivity index (χ0n) is 14.6. The molecule has 4 nitrogen and oxygen atoms in total. The maximum absolute atomic E-state index is 12.8. The van der Waals surface area contributed by atoms with Crippen molar-refractivity contribution in [3.8, 4) is 11.5 Å². The van der Waals surface area contributed by atoms with Crippen LogP contribution in [-0.2, 0) is 11.2 Å². The molecule has 7 heteroatoms. The molecule has 0 aliphatic carbocycles. The molecule has 3 rings (SSSR count). The van der Waals surface area contributed by atoms with Gasteiger partial charge in [-0.25, -0.2) is 0 Å². The van der Waals surface area contributed by atoms with Crippen LogP contribution in [0.25, 0.3) is 6.08 Å². The molecule has 0 radical (unpaired) electrons. The summed E-state index contributed by atoms with van der Waals surface area (Å²) in [5.74, 6) is 0.158. The van der Waals surface area contributed by atoms with Crippen molar-refractivity contribution < 1.29 is 14.6 Å². The van der Waals surface area contributed by atoms with E-state index in [4.69, 9.17) is 28.6 Å². The molecule has 1 N–H and O–H groups in total. The molecule has 1 aliphatic rings. The van der Waals surface area contributed by atoms with Gasteiger partial charge in [-0.05, 0) is 36.6 Å². The van der Waals surface area contributed by atoms with E-state index in [1.807, 2.05) is 37.3 Å². The summed E-state index contributed by atoms with van der Waals surface area (Å²) in [5, 5.41) is 10.2. The number of amides is 1. The number of rotatable bonds is 6. The lowest BCUT2D eigenvalue weighted by Gasteiger charge is -2.14. The van der Waals surface area contributed by atoms with Crippen LogP contribution in [-0.4, -0.2) is 33.4 Å². The van der Waals surface area contributed by atoms with Gasteiger partial charge in [-0.2, -0.15) is 0 Å². The standard InChI is InChI=1S/C20H18ClNO3S2/c1-2-25-17-10-14(15(21)12-16(17)23)11-18-19(24)22(20(26)27-18)9-8-13-6-4-3-5-7-13/h3-7,10-12,23H,2,8-9H2,1H3. The molecule has 0 unspecified atom stereocenters. The first-order chi connectivity index (χ1) is 13.0. The van der Waals surface area contributed by atoms with Gasteiger partial charge in [0.1, 0.15) is 4.32 Å². The van der Waals surface area contributed by atoms with Gasteiger partial charge in [-0.1, -0.05) is 65.9 Å². The maximum atomic E-state index is 12.8. The molecule has 1 fully saturated rings. The van der Waals surface area contributed by atoms with Crippen molar-refractivity contribution in [3.63, 3.8) is 0 Å². The fourth-order valence-electron chi connectivity index (χ4n) is 2.66. The molecule has 2 aromatic carbocycles. The lowest BCUT2D eigenvalue weighted by molar-refractivity contribution is -0.122. The molecule has 2 aromatic rings. The third-order valence-corrected chi connectivity index (χ3v) is 5.71. The zero-order chi connectivity index (χ0) is 19.4. The highest BCUT2D eigenvalue weighted by molar-refractivity contribution is 8.26. The van der Waals surface area contributed by atoms with E-state index >= 15 is 0 Å². The number of benzene rings is 2. The fourth-order valence-corrected chi connectivity index (χ4v) is 4.17. The molecular formula is C20H18ClNO3S2. The van der Waals surface area contributed by atoms with E-state index in [0.29, 0.717) is 38.7 Å². The molecule has 0 aromatic heterocycles. The van der Waals surface area contributed by atoms with Crippen molar-refractivity contribution in [1.29, 1.82) is 0 Å². The Morgan fingerprint density at radius 1 is 1.30 bits per heavy atom. The number of phenolic OH excluding ortho intramolecular Hbond substituents is 1. The quantitative estimate of drug-likeness (QED) is 0.533. The minimum atomic E-state index is -0.136. The summed E-state index contributed by atoms with van der Waals surface area (Å²) >= 11 is 12.8. The number of hydrogen-bond donors (Lipinski definition) is 1. The molecule has 0 saturated carbocycles. The summed E-state index contributed by atoms with van der Waals surface area (Å²) in [5.41, 5.74) is 1.75. The summed E-state index contributed by atoms with van der Waals surface area (Å²) in [6.07, 6.45) is 2.42. The van der Waals surface area contributed by atoms with E-state index in [2.05, 4.69) is 0 Å². The van der Waals surface area contributed by atoms with Gasteiger partial charge in [0.25, 0.3) is 5.91 Å². The highest BCUT2D eigenvalue weighted by atomic mass is 35.5. The van der Waals surface area contributed by atoms with Crippen molar-refractivity contribution in [2.45, 2.75) is 13.3 Å². The van der Waals surface area contributed by atoms with Crippen molar-refractivity contribution in [2.24, 2.45) is 0 Å². The Kier molecular flexibility index (Phi) is 6.42. The number of hydrogen-bond acceptors (Lipinski definition) is 5. The Labute approximate surface area is 172 Å². The van der Waals surface area contributed by atoms with Gasteiger partial charge in [0.15, 0.2) is 11.5 Å². The van der Waals surface area contributed by atoms with Crippen LogP contribution in [0.1, 0.15) is 18.1 Å². The molecule has 140 valence electrons. The molecule has 0 atom stereocenters. The molecule has 1 heterocycles. The summed E-state index contributed by atoms with van der Waals surface area (Å²) in [7, 11) is 0. The number of halogens is 1. The van der Waals surface area contributed by atoms with Gasteiger partial charge in [0.05, 0.1) is 16.5 Å². The van der Waals surface area contributed by atoms with Gasteiger partial charge in [-0.15, -0.1) is 0 Å². The number of aromatic hydroxyl groups is 1. The van der Waals surface area contributed by atoms with Crippen LogP contribution in [0, 0.1) is 0 Å². The third-order valence-electron chi connectivity index (χ3n) is 4.01. The average Bonchev–Trinajstić information content (AvgIpc) is 2.91. The van der Waals surface area contributed by atoms with Crippen molar-refractivity contribution in [1.82, 2.24) is 4.90 Å². The molecule has 1 aliphatic heterocycles. The molecular weight excluding hydrogens is 402 g/mol. The normalized spacial score (nSPS) is 15.6. The number of phenols is 1. The summed E-state index contributed by atoms with van der Waals surface area (Å²) in [6, 6.07) is 13.0. The van der Waals surface area contributed by atoms with Crippen LogP contribution in [0.5, 0.6) is 11.5 Å². The van der Waals surface area contributed by atoms with E-state index in [9.17, 15) is 9.90 Å². The minimum absolute atomic E-state index is 0.0330. The van der Waals surface area contributed by atoms with E-state index in [1.165, 1.54) is 17.8 Å². The lowest BCUT2D eigenvalue weighted by Crippen LogP contribution is -2.30. The maximum Gasteiger partial charge on any atom is 0.266 e. The van der Waals surface area contributed by atoms with Gasteiger partial charge in [0, 0.05) is 12.6 Å². The second kappa shape index (κ2) is 8.78. The number of thiocarbonyl (C=S) groups is 1. The topological polar surface area (TPSA) is 49.8 Å². The highest BCUT2D eigenvalue weighted by Crippen LogP contribution is 2.37. The van der Waals surface area contributed by atoms with Crippen molar-refractivity contribution >= 4 is 51.9 Å². The largest absolute Gasteiger partial charge is 0.504 e. The number of nitrogens with zero attached hydrogens (tertiary/aromatic N) is 1. The number of thioether (sulfide) groups is 1. The number of carbonyl (C=O) groups excluding carboxylic acids is 1. The second-order valence-electron chi connectivity index (χ2n) is 5.84. The van der Waals surface area contributed by atoms with Crippen LogP contribution in [0.15, 0.2) is 47.4 Å². The smallest absolute Gasteiger partial charge is 0.266 e. The Bertz CT molecular complexity index is 900. The molecule has 27 heavy (non-hydrogen) atoms. The fraction of sp³-hybridized carbons (Fsp3) is 0.200. The lowest BCUT2D eigenvalue weighted by atomic mass is 10.1. The minimum Gasteiger partial charge on any atom is -0.504 e. The van der Waals surface area contributed by atoms with Crippen LogP contribution < -0.4 is 4.74 Å². The first-order valence-electron chi connectivity index (χ1n) is 8.44. The predicted molar refractivity (Wildman–Crippen MR) is 114 cm³/mol. The van der Waals surface area contributed by atoms with E-state index in [1.54, 1.807) is 17.0 Å². The molecule has 1 amide bonds. The number of ether oxygens (including phenoxy) is 1. The van der Waals surface area contributed by atoms with Crippen LogP contribution in [0.4, 0.5) is 0 Å². The summed E-state index contributed by atoms with van der Waals surface area (Å²) in [4.78, 5) is 14.9. The zero-order valence-corrected chi connectivity index (χ0v) is 17.0. The van der Waals surface area contributed by atoms with E-state index in [0.717, 1.165) is 12.0 Å². The van der Waals surface area contributed by atoms with Crippen LogP contribution in [0.2, 0.25) is 5.02 Å². The van der Waals surface area contributed by atoms with Crippen LogP contribution >= 0.6 is 35.6 Å². The Morgan fingerprint density at radius 2 is 2.04 bits per heavy atom. The van der Waals surface area contributed by atoms with Crippen molar-refractivity contribution in [2.75, 3.05) is 13.2 Å². The molecule has 0 bridgehead atoms. The van der Waals surface area contributed by atoms with Crippen LogP contribution in [0.3, 0.4) is 0 Å².